The topological polar surface area (TPSA) is 48.5 Å². The lowest BCUT2D eigenvalue weighted by atomic mass is 10.0. The third-order valence-electron chi connectivity index (χ3n) is 10.1. The average molecular weight is 698 g/mol. The highest BCUT2D eigenvalue weighted by atomic mass is 15.2. The second-order valence-corrected chi connectivity index (χ2v) is 13.5. The summed E-state index contributed by atoms with van der Waals surface area (Å²) >= 11 is 0. The Labute approximate surface area is 314 Å². The van der Waals surface area contributed by atoms with Crippen LogP contribution in [0.5, 0.6) is 0 Å². The Morgan fingerprint density at radius 3 is 1.61 bits per heavy atom. The maximum absolute atomic E-state index is 5.12. The summed E-state index contributed by atoms with van der Waals surface area (Å²) in [5.74, 6) is 1.97. The van der Waals surface area contributed by atoms with Crippen LogP contribution in [0.15, 0.2) is 176 Å². The fraction of sp³-hybridized carbons (Fsp3) is 0.0816. The predicted molar refractivity (Wildman–Crippen MR) is 226 cm³/mol. The van der Waals surface area contributed by atoms with Gasteiger partial charge in [0, 0.05) is 38.4 Å². The van der Waals surface area contributed by atoms with E-state index in [1.54, 1.807) is 0 Å². The van der Waals surface area contributed by atoms with Crippen molar-refractivity contribution in [1.29, 1.82) is 0 Å². The van der Waals surface area contributed by atoms with E-state index in [1.165, 1.54) is 27.4 Å². The largest absolute Gasteiger partial charge is 0.309 e. The monoisotopic (exact) mass is 697 g/mol. The van der Waals surface area contributed by atoms with Gasteiger partial charge in [0.1, 0.15) is 0 Å². The molecule has 0 N–H and O–H groups in total. The lowest BCUT2D eigenvalue weighted by Gasteiger charge is -2.12. The van der Waals surface area contributed by atoms with Crippen LogP contribution < -0.4 is 0 Å². The zero-order valence-electron chi connectivity index (χ0n) is 30.4. The molecule has 5 nitrogen and oxygen atoms in total. The van der Waals surface area contributed by atoms with E-state index >= 15 is 0 Å². The molecule has 5 heteroatoms. The van der Waals surface area contributed by atoms with E-state index < -0.39 is 0 Å². The van der Waals surface area contributed by atoms with Gasteiger partial charge in [-0.3, -0.25) is 4.57 Å². The highest BCUT2D eigenvalue weighted by Gasteiger charge is 2.19. The number of allylic oxidation sites excluding steroid dienone is 6. The number of benzene rings is 6. The van der Waals surface area contributed by atoms with Crippen LogP contribution in [-0.4, -0.2) is 24.1 Å². The van der Waals surface area contributed by atoms with Crippen molar-refractivity contribution >= 4 is 49.2 Å². The Kier molecular flexibility index (Phi) is 8.73. The summed E-state index contributed by atoms with van der Waals surface area (Å²) in [6.07, 6.45) is 12.6. The van der Waals surface area contributed by atoms with E-state index in [0.29, 0.717) is 17.6 Å². The van der Waals surface area contributed by atoms with Gasteiger partial charge in [0.2, 0.25) is 5.95 Å². The summed E-state index contributed by atoms with van der Waals surface area (Å²) in [6, 6.07) is 51.6. The standard InChI is InChI=1S/C45H31N5.C4H8/c1-4-14-30(15-5-1)43-46-44(31-16-6-2-7-17-31)48-45(47-43)50-40-23-13-11-21-36(40)38-29-33(25-27-42(38)50)32-24-26-41-37(28-32)35-20-10-12-22-39(35)49(41)34-18-8-3-9-19-34;1-3-4-2/h1,3-6,8-29H,2,7H2;3-4H,1-2H3/b;4-3-. The molecule has 3 heterocycles. The fourth-order valence-corrected chi connectivity index (χ4v) is 7.47. The maximum Gasteiger partial charge on any atom is 0.238 e. The van der Waals surface area contributed by atoms with Gasteiger partial charge < -0.3 is 4.57 Å². The molecule has 6 aromatic carbocycles. The van der Waals surface area contributed by atoms with Crippen LogP contribution in [0.3, 0.4) is 0 Å². The van der Waals surface area contributed by atoms with E-state index in [9.17, 15) is 0 Å². The Balaban J connectivity index is 0.000000918. The molecule has 1 aliphatic carbocycles. The first-order valence-electron chi connectivity index (χ1n) is 18.6. The number of aromatic nitrogens is 5. The van der Waals surface area contributed by atoms with Gasteiger partial charge in [0.15, 0.2) is 11.6 Å². The van der Waals surface area contributed by atoms with Crippen LogP contribution in [-0.2, 0) is 0 Å². The van der Waals surface area contributed by atoms with E-state index in [0.717, 1.165) is 57.0 Å². The zero-order chi connectivity index (χ0) is 36.4. The minimum atomic E-state index is 0.614. The van der Waals surface area contributed by atoms with Gasteiger partial charge in [0.05, 0.1) is 22.1 Å². The van der Waals surface area contributed by atoms with Gasteiger partial charge in [-0.2, -0.15) is 9.97 Å². The number of fused-ring (bicyclic) bond motifs is 6. The van der Waals surface area contributed by atoms with E-state index in [-0.39, 0.29) is 0 Å². The summed E-state index contributed by atoms with van der Waals surface area (Å²) in [4.78, 5) is 15.2. The fourth-order valence-electron chi connectivity index (χ4n) is 7.47. The first kappa shape index (κ1) is 33.0. The smallest absolute Gasteiger partial charge is 0.238 e. The zero-order valence-corrected chi connectivity index (χ0v) is 30.4. The van der Waals surface area contributed by atoms with Gasteiger partial charge in [0.25, 0.3) is 0 Å². The molecule has 0 saturated carbocycles. The van der Waals surface area contributed by atoms with Gasteiger partial charge >= 0.3 is 0 Å². The molecule has 10 rings (SSSR count). The van der Waals surface area contributed by atoms with Crippen molar-refractivity contribution in [2.24, 2.45) is 0 Å². The molecule has 0 aliphatic heterocycles. The molecule has 0 saturated heterocycles. The molecule has 54 heavy (non-hydrogen) atoms. The van der Waals surface area contributed by atoms with Crippen LogP contribution >= 0.6 is 0 Å². The summed E-state index contributed by atoms with van der Waals surface area (Å²) in [7, 11) is 0. The van der Waals surface area contributed by atoms with E-state index in [2.05, 4.69) is 155 Å². The third kappa shape index (κ3) is 5.90. The summed E-state index contributed by atoms with van der Waals surface area (Å²) < 4.78 is 4.55. The Bertz CT molecular complexity index is 2890. The quantitative estimate of drug-likeness (QED) is 0.168. The van der Waals surface area contributed by atoms with Crippen molar-refractivity contribution in [3.63, 3.8) is 0 Å². The highest BCUT2D eigenvalue weighted by Crippen LogP contribution is 2.38. The second kappa shape index (κ2) is 14.3. The molecule has 0 radical (unpaired) electrons. The molecule has 9 aromatic rings. The van der Waals surface area contributed by atoms with Gasteiger partial charge in [-0.25, -0.2) is 4.98 Å². The molecule has 0 fully saturated rings. The van der Waals surface area contributed by atoms with Crippen molar-refractivity contribution in [1.82, 2.24) is 24.1 Å². The summed E-state index contributed by atoms with van der Waals surface area (Å²) in [6.45, 7) is 4.00. The summed E-state index contributed by atoms with van der Waals surface area (Å²) in [5, 5.41) is 4.80. The molecular weight excluding hydrogens is 659 g/mol. The first-order chi connectivity index (χ1) is 26.7. The number of rotatable bonds is 5. The van der Waals surface area contributed by atoms with Crippen molar-refractivity contribution in [3.05, 3.63) is 182 Å². The Morgan fingerprint density at radius 1 is 0.463 bits per heavy atom. The molecule has 260 valence electrons. The Morgan fingerprint density at radius 2 is 1.00 bits per heavy atom. The molecule has 3 aromatic heterocycles. The number of hydrogen-bond acceptors (Lipinski definition) is 3. The second-order valence-electron chi connectivity index (χ2n) is 13.5. The number of nitrogens with zero attached hydrogens (tertiary/aromatic N) is 5. The predicted octanol–water partition coefficient (Wildman–Crippen LogP) is 12.7. The normalized spacial score (nSPS) is 12.8. The molecule has 1 aliphatic rings. The number of hydrogen-bond donors (Lipinski definition) is 0. The lowest BCUT2D eigenvalue weighted by molar-refractivity contribution is 0.927. The van der Waals surface area contributed by atoms with Crippen molar-refractivity contribution in [2.45, 2.75) is 26.7 Å². The SMILES string of the molecule is C/C=C\C.C1=CC(c2nc(-c3ccccc3)nc(-n3c4ccccc4c4cc(-c5ccc6c(c5)c5ccccc5n6-c5ccccc5)ccc43)n2)=CCC1. The summed E-state index contributed by atoms with van der Waals surface area (Å²) in [5.41, 5.74) is 10.0. The average Bonchev–Trinajstić information content (AvgIpc) is 3.77. The van der Waals surface area contributed by atoms with Crippen LogP contribution in [0.4, 0.5) is 0 Å². The molecule has 0 amide bonds. The highest BCUT2D eigenvalue weighted by molar-refractivity contribution is 6.12. The maximum atomic E-state index is 5.12. The van der Waals surface area contributed by atoms with Gasteiger partial charge in [-0.1, -0.05) is 127 Å². The Hall–Kier alpha value is -6.85. The van der Waals surface area contributed by atoms with Gasteiger partial charge in [-0.15, -0.1) is 0 Å². The minimum Gasteiger partial charge on any atom is -0.309 e. The molecule has 0 spiro atoms. The number of para-hydroxylation sites is 3. The molecular formula is C49H39N5. The molecule has 0 bridgehead atoms. The van der Waals surface area contributed by atoms with Crippen LogP contribution in [0, 0.1) is 0 Å². The van der Waals surface area contributed by atoms with E-state index in [4.69, 9.17) is 15.0 Å². The molecule has 0 atom stereocenters. The minimum absolute atomic E-state index is 0.614. The van der Waals surface area contributed by atoms with Gasteiger partial charge in [-0.05, 0) is 86.3 Å². The third-order valence-corrected chi connectivity index (χ3v) is 10.1. The van der Waals surface area contributed by atoms with Crippen molar-refractivity contribution < 1.29 is 0 Å². The molecule has 0 unspecified atom stereocenters. The first-order valence-corrected chi connectivity index (χ1v) is 18.6. The van der Waals surface area contributed by atoms with E-state index in [1.807, 2.05) is 44.2 Å². The van der Waals surface area contributed by atoms with Crippen LogP contribution in [0.2, 0.25) is 0 Å². The van der Waals surface area contributed by atoms with Crippen LogP contribution in [0.1, 0.15) is 32.5 Å². The van der Waals surface area contributed by atoms with Crippen molar-refractivity contribution in [2.75, 3.05) is 0 Å². The van der Waals surface area contributed by atoms with Crippen LogP contribution in [0.25, 0.3) is 83.3 Å². The lowest BCUT2D eigenvalue weighted by Crippen LogP contribution is -2.08. The van der Waals surface area contributed by atoms with Crippen molar-refractivity contribution in [3.8, 4) is 34.2 Å².